The minimum Gasteiger partial charge on any atom is -0.494 e. The first kappa shape index (κ1) is 17.8. The Morgan fingerprint density at radius 3 is 2.29 bits per heavy atom. The van der Waals surface area contributed by atoms with Crippen LogP contribution in [0, 0.1) is 0 Å². The van der Waals surface area contributed by atoms with Crippen LogP contribution >= 0.6 is 11.6 Å². The number of carbonyl (C=O) groups is 2. The first-order valence-electron chi connectivity index (χ1n) is 7.50. The number of esters is 1. The van der Waals surface area contributed by atoms with E-state index in [2.05, 4.69) is 5.32 Å². The first-order valence-corrected chi connectivity index (χ1v) is 7.87. The van der Waals surface area contributed by atoms with E-state index in [1.807, 2.05) is 6.92 Å². The van der Waals surface area contributed by atoms with Crippen LogP contribution in [0.1, 0.15) is 24.2 Å². The fourth-order valence-corrected chi connectivity index (χ4v) is 2.04. The van der Waals surface area contributed by atoms with Crippen molar-refractivity contribution in [2.45, 2.75) is 20.0 Å². The number of halogens is 1. The maximum absolute atomic E-state index is 12.1. The molecule has 1 amide bonds. The van der Waals surface area contributed by atoms with Gasteiger partial charge < -0.3 is 14.8 Å². The van der Waals surface area contributed by atoms with Gasteiger partial charge in [-0.3, -0.25) is 4.79 Å². The lowest BCUT2D eigenvalue weighted by molar-refractivity contribution is -0.123. The molecule has 5 nitrogen and oxygen atoms in total. The van der Waals surface area contributed by atoms with Crippen LogP contribution in [0.2, 0.25) is 5.02 Å². The van der Waals surface area contributed by atoms with Gasteiger partial charge in [0.15, 0.2) is 6.10 Å². The van der Waals surface area contributed by atoms with Gasteiger partial charge in [-0.25, -0.2) is 4.79 Å². The molecule has 0 radical (unpaired) electrons. The number of ether oxygens (including phenoxy) is 2. The highest BCUT2D eigenvalue weighted by Crippen LogP contribution is 2.15. The standard InChI is InChI=1S/C18H18ClNO4/c1-3-23-16-10-4-13(5-11-16)18(22)24-12(2)17(21)20-15-8-6-14(19)7-9-15/h4-12H,3H2,1-2H3,(H,20,21)/t12-/m1/s1. The Kier molecular flexibility index (Phi) is 6.21. The Hall–Kier alpha value is -2.53. The van der Waals surface area contributed by atoms with Crippen LogP contribution in [0.4, 0.5) is 5.69 Å². The topological polar surface area (TPSA) is 64.6 Å². The largest absolute Gasteiger partial charge is 0.494 e. The SMILES string of the molecule is CCOc1ccc(C(=O)O[C@H](C)C(=O)Nc2ccc(Cl)cc2)cc1. The molecule has 0 spiro atoms. The van der Waals surface area contributed by atoms with Crippen molar-refractivity contribution in [1.29, 1.82) is 0 Å². The molecule has 0 aliphatic rings. The molecule has 1 atom stereocenters. The molecule has 0 aliphatic heterocycles. The van der Waals surface area contributed by atoms with Crippen molar-refractivity contribution < 1.29 is 19.1 Å². The van der Waals surface area contributed by atoms with Crippen LogP contribution in [0.3, 0.4) is 0 Å². The molecule has 0 unspecified atom stereocenters. The van der Waals surface area contributed by atoms with Gasteiger partial charge in [0.2, 0.25) is 0 Å². The molecule has 2 rings (SSSR count). The van der Waals surface area contributed by atoms with Gasteiger partial charge >= 0.3 is 5.97 Å². The lowest BCUT2D eigenvalue weighted by Crippen LogP contribution is -2.29. The van der Waals surface area contributed by atoms with Gasteiger partial charge in [0.05, 0.1) is 12.2 Å². The summed E-state index contributed by atoms with van der Waals surface area (Å²) in [6.07, 6.45) is -0.931. The number of hydrogen-bond donors (Lipinski definition) is 1. The fourth-order valence-electron chi connectivity index (χ4n) is 1.91. The van der Waals surface area contributed by atoms with Crippen molar-refractivity contribution in [2.75, 3.05) is 11.9 Å². The first-order chi connectivity index (χ1) is 11.5. The van der Waals surface area contributed by atoms with E-state index in [4.69, 9.17) is 21.1 Å². The molecule has 0 saturated carbocycles. The van der Waals surface area contributed by atoms with Crippen molar-refractivity contribution in [3.63, 3.8) is 0 Å². The monoisotopic (exact) mass is 347 g/mol. The highest BCUT2D eigenvalue weighted by Gasteiger charge is 2.19. The smallest absolute Gasteiger partial charge is 0.338 e. The number of nitrogens with one attached hydrogen (secondary N) is 1. The number of anilines is 1. The molecule has 0 aliphatic carbocycles. The van der Waals surface area contributed by atoms with Crippen LogP contribution in [0.25, 0.3) is 0 Å². The van der Waals surface area contributed by atoms with Crippen LogP contribution in [-0.2, 0) is 9.53 Å². The van der Waals surface area contributed by atoms with Gasteiger partial charge in [-0.05, 0) is 62.4 Å². The average Bonchev–Trinajstić information content (AvgIpc) is 2.57. The van der Waals surface area contributed by atoms with Crippen molar-refractivity contribution in [2.24, 2.45) is 0 Å². The Balaban J connectivity index is 1.92. The molecule has 0 saturated heterocycles. The maximum Gasteiger partial charge on any atom is 0.338 e. The zero-order chi connectivity index (χ0) is 17.5. The van der Waals surface area contributed by atoms with Gasteiger partial charge in [-0.2, -0.15) is 0 Å². The summed E-state index contributed by atoms with van der Waals surface area (Å²) in [7, 11) is 0. The minimum absolute atomic E-state index is 0.351. The molecule has 2 aromatic rings. The third-order valence-corrected chi connectivity index (χ3v) is 3.42. The van der Waals surface area contributed by atoms with Crippen LogP contribution in [0.5, 0.6) is 5.75 Å². The highest BCUT2D eigenvalue weighted by molar-refractivity contribution is 6.30. The number of carbonyl (C=O) groups excluding carboxylic acids is 2. The molecule has 0 aromatic heterocycles. The summed E-state index contributed by atoms with van der Waals surface area (Å²) in [5, 5.41) is 3.23. The average molecular weight is 348 g/mol. The van der Waals surface area contributed by atoms with E-state index in [1.165, 1.54) is 6.92 Å². The molecule has 24 heavy (non-hydrogen) atoms. The Morgan fingerprint density at radius 2 is 1.71 bits per heavy atom. The second kappa shape index (κ2) is 8.36. The van der Waals surface area contributed by atoms with E-state index >= 15 is 0 Å². The number of rotatable bonds is 6. The van der Waals surface area contributed by atoms with E-state index in [9.17, 15) is 9.59 Å². The van der Waals surface area contributed by atoms with Gasteiger partial charge in [0.25, 0.3) is 5.91 Å². The Labute approximate surface area is 145 Å². The molecule has 126 valence electrons. The summed E-state index contributed by atoms with van der Waals surface area (Å²) in [4.78, 5) is 24.1. The second-order valence-corrected chi connectivity index (χ2v) is 5.44. The zero-order valence-electron chi connectivity index (χ0n) is 13.4. The Morgan fingerprint density at radius 1 is 1.08 bits per heavy atom. The van der Waals surface area contributed by atoms with Crippen LogP contribution in [-0.4, -0.2) is 24.6 Å². The van der Waals surface area contributed by atoms with E-state index in [0.29, 0.717) is 28.6 Å². The molecule has 0 bridgehead atoms. The highest BCUT2D eigenvalue weighted by atomic mass is 35.5. The normalized spacial score (nSPS) is 11.5. The van der Waals surface area contributed by atoms with Crippen LogP contribution in [0.15, 0.2) is 48.5 Å². The summed E-state index contributed by atoms with van der Waals surface area (Å²) in [5.41, 5.74) is 0.929. The van der Waals surface area contributed by atoms with Crippen molar-refractivity contribution in [3.05, 3.63) is 59.1 Å². The zero-order valence-corrected chi connectivity index (χ0v) is 14.2. The van der Waals surface area contributed by atoms with Gasteiger partial charge in [-0.1, -0.05) is 11.6 Å². The minimum atomic E-state index is -0.931. The summed E-state index contributed by atoms with van der Waals surface area (Å²) < 4.78 is 10.5. The van der Waals surface area contributed by atoms with E-state index in [0.717, 1.165) is 0 Å². The Bertz CT molecular complexity index is 698. The van der Waals surface area contributed by atoms with Gasteiger partial charge in [0.1, 0.15) is 5.75 Å². The quantitative estimate of drug-likeness (QED) is 0.804. The van der Waals surface area contributed by atoms with Crippen molar-refractivity contribution in [1.82, 2.24) is 0 Å². The molecule has 1 N–H and O–H groups in total. The van der Waals surface area contributed by atoms with E-state index in [-0.39, 0.29) is 0 Å². The van der Waals surface area contributed by atoms with Crippen molar-refractivity contribution in [3.8, 4) is 5.75 Å². The summed E-state index contributed by atoms with van der Waals surface area (Å²) in [6, 6.07) is 13.2. The third-order valence-electron chi connectivity index (χ3n) is 3.17. The number of hydrogen-bond acceptors (Lipinski definition) is 4. The number of amides is 1. The molecular formula is C18H18ClNO4. The summed E-state index contributed by atoms with van der Waals surface area (Å²) in [6.45, 7) is 3.94. The van der Waals surface area contributed by atoms with Crippen molar-refractivity contribution >= 4 is 29.2 Å². The van der Waals surface area contributed by atoms with Gasteiger partial charge in [-0.15, -0.1) is 0 Å². The second-order valence-electron chi connectivity index (χ2n) is 5.00. The lowest BCUT2D eigenvalue weighted by Gasteiger charge is -2.14. The molecular weight excluding hydrogens is 330 g/mol. The van der Waals surface area contributed by atoms with Crippen LogP contribution < -0.4 is 10.1 Å². The predicted octanol–water partition coefficient (Wildman–Crippen LogP) is 3.92. The summed E-state index contributed by atoms with van der Waals surface area (Å²) >= 11 is 5.79. The van der Waals surface area contributed by atoms with E-state index in [1.54, 1.807) is 48.5 Å². The fraction of sp³-hybridized carbons (Fsp3) is 0.222. The predicted molar refractivity (Wildman–Crippen MR) is 92.6 cm³/mol. The molecule has 2 aromatic carbocycles. The number of benzene rings is 2. The van der Waals surface area contributed by atoms with Gasteiger partial charge in [0, 0.05) is 10.7 Å². The maximum atomic E-state index is 12.1. The lowest BCUT2D eigenvalue weighted by atomic mass is 10.2. The molecule has 0 fully saturated rings. The van der Waals surface area contributed by atoms with E-state index < -0.39 is 18.0 Å². The molecule has 0 heterocycles. The summed E-state index contributed by atoms with van der Waals surface area (Å²) in [5.74, 6) is -0.323. The third kappa shape index (κ3) is 4.99. The molecule has 6 heteroatoms.